The predicted molar refractivity (Wildman–Crippen MR) is 109 cm³/mol. The molecule has 3 rings (SSSR count). The van der Waals surface area contributed by atoms with E-state index in [0.717, 1.165) is 10.6 Å². The lowest BCUT2D eigenvalue weighted by molar-refractivity contribution is -0.129. The van der Waals surface area contributed by atoms with Crippen molar-refractivity contribution in [3.05, 3.63) is 59.9 Å². The third-order valence-corrected chi connectivity index (χ3v) is 5.91. The molecule has 0 N–H and O–H groups in total. The van der Waals surface area contributed by atoms with Crippen molar-refractivity contribution in [2.45, 2.75) is 0 Å². The number of nitrogens with zero attached hydrogens (tertiary/aromatic N) is 4. The highest BCUT2D eigenvalue weighted by molar-refractivity contribution is 7.92. The Hall–Kier alpha value is -3.12. The summed E-state index contributed by atoms with van der Waals surface area (Å²) in [6.07, 6.45) is 1.02. The third kappa shape index (κ3) is 4.84. The van der Waals surface area contributed by atoms with Crippen molar-refractivity contribution in [3.63, 3.8) is 0 Å². The molecule has 152 valence electrons. The molecule has 0 aromatic heterocycles. The van der Waals surface area contributed by atoms with Gasteiger partial charge < -0.3 is 9.80 Å². The van der Waals surface area contributed by atoms with Gasteiger partial charge in [-0.3, -0.25) is 9.10 Å². The number of rotatable bonds is 5. The molecule has 1 heterocycles. The quantitative estimate of drug-likeness (QED) is 0.742. The summed E-state index contributed by atoms with van der Waals surface area (Å²) in [5.74, 6) is -0.654. The molecule has 9 heteroatoms. The number of carbonyl (C=O) groups is 1. The topological polar surface area (TPSA) is 84.7 Å². The van der Waals surface area contributed by atoms with Gasteiger partial charge in [-0.05, 0) is 30.3 Å². The van der Waals surface area contributed by atoms with Gasteiger partial charge in [0, 0.05) is 26.2 Å². The first kappa shape index (κ1) is 20.6. The molecule has 1 amide bonds. The fraction of sp³-hybridized carbons (Fsp3) is 0.300. The second-order valence-electron chi connectivity index (χ2n) is 6.75. The second kappa shape index (κ2) is 8.49. The van der Waals surface area contributed by atoms with E-state index < -0.39 is 10.0 Å². The number of para-hydroxylation sites is 1. The van der Waals surface area contributed by atoms with Gasteiger partial charge >= 0.3 is 0 Å². The standard InChI is InChI=1S/C20H21FN4O3S/c1-29(27,28)25(17-6-4-5-16(13-17)14-22)15-20(26)24-11-9-23(10-12-24)19-8-3-2-7-18(19)21/h2-8,13H,9-12,15H2,1H3. The molecule has 29 heavy (non-hydrogen) atoms. The number of benzene rings is 2. The summed E-state index contributed by atoms with van der Waals surface area (Å²) < 4.78 is 39.5. The normalized spacial score (nSPS) is 14.4. The zero-order valence-electron chi connectivity index (χ0n) is 16.0. The summed E-state index contributed by atoms with van der Waals surface area (Å²) in [6, 6.07) is 14.6. The van der Waals surface area contributed by atoms with Gasteiger partial charge in [0.2, 0.25) is 15.9 Å². The maximum absolute atomic E-state index is 14.0. The van der Waals surface area contributed by atoms with E-state index in [0.29, 0.717) is 37.4 Å². The highest BCUT2D eigenvalue weighted by Crippen LogP contribution is 2.22. The van der Waals surface area contributed by atoms with Crippen LogP contribution in [0.15, 0.2) is 48.5 Å². The van der Waals surface area contributed by atoms with Gasteiger partial charge in [-0.25, -0.2) is 12.8 Å². The molecule has 2 aromatic carbocycles. The number of carbonyl (C=O) groups excluding carboxylic acids is 1. The third-order valence-electron chi connectivity index (χ3n) is 4.77. The summed E-state index contributed by atoms with van der Waals surface area (Å²) in [6.45, 7) is 1.28. The van der Waals surface area contributed by atoms with Crippen LogP contribution in [-0.4, -0.2) is 58.2 Å². The number of sulfonamides is 1. The molecule has 0 radical (unpaired) electrons. The van der Waals surface area contributed by atoms with E-state index in [4.69, 9.17) is 5.26 Å². The number of hydrogen-bond donors (Lipinski definition) is 0. The van der Waals surface area contributed by atoms with Gasteiger partial charge in [0.25, 0.3) is 0 Å². The van der Waals surface area contributed by atoms with Gasteiger partial charge in [-0.15, -0.1) is 0 Å². The maximum Gasteiger partial charge on any atom is 0.243 e. The zero-order valence-corrected chi connectivity index (χ0v) is 16.8. The Labute approximate surface area is 169 Å². The minimum absolute atomic E-state index is 0.268. The number of amides is 1. The van der Waals surface area contributed by atoms with Crippen molar-refractivity contribution < 1.29 is 17.6 Å². The molecule has 7 nitrogen and oxygen atoms in total. The monoisotopic (exact) mass is 416 g/mol. The highest BCUT2D eigenvalue weighted by Gasteiger charge is 2.27. The molecule has 0 atom stereocenters. The Bertz CT molecular complexity index is 1040. The molecule has 0 unspecified atom stereocenters. The van der Waals surface area contributed by atoms with Gasteiger partial charge in [-0.2, -0.15) is 5.26 Å². The second-order valence-corrected chi connectivity index (χ2v) is 8.66. The highest BCUT2D eigenvalue weighted by atomic mass is 32.2. The summed E-state index contributed by atoms with van der Waals surface area (Å²) in [5.41, 5.74) is 1.07. The van der Waals surface area contributed by atoms with Gasteiger partial charge in [0.1, 0.15) is 12.4 Å². The molecule has 0 saturated carbocycles. The van der Waals surface area contributed by atoms with E-state index in [1.165, 1.54) is 12.1 Å². The van der Waals surface area contributed by atoms with Crippen molar-refractivity contribution in [2.75, 3.05) is 48.2 Å². The van der Waals surface area contributed by atoms with E-state index in [1.54, 1.807) is 41.3 Å². The lowest BCUT2D eigenvalue weighted by Gasteiger charge is -2.37. The molecule has 1 aliphatic heterocycles. The van der Waals surface area contributed by atoms with Gasteiger partial charge in [0.05, 0.1) is 29.3 Å². The van der Waals surface area contributed by atoms with Crippen LogP contribution >= 0.6 is 0 Å². The Morgan fingerprint density at radius 1 is 1.14 bits per heavy atom. The Morgan fingerprint density at radius 2 is 1.83 bits per heavy atom. The first-order valence-corrected chi connectivity index (χ1v) is 10.9. The molecular formula is C20H21FN4O3S. The SMILES string of the molecule is CS(=O)(=O)N(CC(=O)N1CCN(c2ccccc2F)CC1)c1cccc(C#N)c1. The minimum Gasteiger partial charge on any atom is -0.366 e. The number of anilines is 2. The molecule has 0 aliphatic carbocycles. The zero-order chi connectivity index (χ0) is 21.0. The average molecular weight is 416 g/mol. The van der Waals surface area contributed by atoms with Crippen LogP contribution in [-0.2, 0) is 14.8 Å². The smallest absolute Gasteiger partial charge is 0.243 e. The number of piperazine rings is 1. The number of halogens is 1. The lowest BCUT2D eigenvalue weighted by atomic mass is 10.2. The van der Waals surface area contributed by atoms with Gasteiger partial charge in [-0.1, -0.05) is 18.2 Å². The average Bonchev–Trinajstić information content (AvgIpc) is 2.71. The Kier molecular flexibility index (Phi) is 6.03. The van der Waals surface area contributed by atoms with Crippen LogP contribution in [0, 0.1) is 17.1 Å². The summed E-state index contributed by atoms with van der Waals surface area (Å²) >= 11 is 0. The van der Waals surface area contributed by atoms with Crippen LogP contribution < -0.4 is 9.21 Å². The van der Waals surface area contributed by atoms with Gasteiger partial charge in [0.15, 0.2) is 0 Å². The largest absolute Gasteiger partial charge is 0.366 e. The summed E-state index contributed by atoms with van der Waals surface area (Å²) in [4.78, 5) is 16.2. The van der Waals surface area contributed by atoms with Crippen LogP contribution in [0.1, 0.15) is 5.56 Å². The molecule has 1 saturated heterocycles. The minimum atomic E-state index is -3.72. The molecule has 0 bridgehead atoms. The predicted octanol–water partition coefficient (Wildman–Crippen LogP) is 1.81. The van der Waals surface area contributed by atoms with Crippen molar-refractivity contribution in [2.24, 2.45) is 0 Å². The maximum atomic E-state index is 14.0. The first-order chi connectivity index (χ1) is 13.8. The van der Waals surface area contributed by atoms with Crippen molar-refractivity contribution >= 4 is 27.3 Å². The molecule has 1 fully saturated rings. The van der Waals surface area contributed by atoms with Crippen molar-refractivity contribution in [1.29, 1.82) is 5.26 Å². The molecule has 2 aromatic rings. The Balaban J connectivity index is 1.70. The molecule has 1 aliphatic rings. The van der Waals surface area contributed by atoms with Crippen LogP contribution in [0.2, 0.25) is 0 Å². The fourth-order valence-corrected chi connectivity index (χ4v) is 4.10. The van der Waals surface area contributed by atoms with Crippen molar-refractivity contribution in [1.82, 2.24) is 4.90 Å². The first-order valence-electron chi connectivity index (χ1n) is 9.05. The van der Waals surface area contributed by atoms with Crippen LogP contribution in [0.5, 0.6) is 0 Å². The number of hydrogen-bond acceptors (Lipinski definition) is 5. The Morgan fingerprint density at radius 3 is 2.45 bits per heavy atom. The number of nitriles is 1. The lowest BCUT2D eigenvalue weighted by Crippen LogP contribution is -2.52. The van der Waals surface area contributed by atoms with E-state index in [1.807, 2.05) is 11.0 Å². The summed E-state index contributed by atoms with van der Waals surface area (Å²) in [5, 5.41) is 9.05. The summed E-state index contributed by atoms with van der Waals surface area (Å²) in [7, 11) is -3.72. The molecule has 0 spiro atoms. The molecular weight excluding hydrogens is 395 g/mol. The van der Waals surface area contributed by atoms with E-state index in [-0.39, 0.29) is 24.0 Å². The fourth-order valence-electron chi connectivity index (χ4n) is 3.26. The van der Waals surface area contributed by atoms with Crippen LogP contribution in [0.4, 0.5) is 15.8 Å². The van der Waals surface area contributed by atoms with E-state index in [2.05, 4.69) is 0 Å². The van der Waals surface area contributed by atoms with Crippen molar-refractivity contribution in [3.8, 4) is 6.07 Å². The van der Waals surface area contributed by atoms with Crippen LogP contribution in [0.3, 0.4) is 0 Å². The van der Waals surface area contributed by atoms with Crippen LogP contribution in [0.25, 0.3) is 0 Å². The van der Waals surface area contributed by atoms with E-state index in [9.17, 15) is 17.6 Å². The van der Waals surface area contributed by atoms with E-state index >= 15 is 0 Å².